The van der Waals surface area contributed by atoms with Crippen molar-refractivity contribution in [3.63, 3.8) is 0 Å². The summed E-state index contributed by atoms with van der Waals surface area (Å²) in [6.07, 6.45) is 0. The van der Waals surface area contributed by atoms with Gasteiger partial charge in [0.25, 0.3) is 5.91 Å². The largest absolute Gasteiger partial charge is 0.480 e. The Morgan fingerprint density at radius 2 is 1.75 bits per heavy atom. The molecule has 0 unspecified atom stereocenters. The molecule has 0 bridgehead atoms. The summed E-state index contributed by atoms with van der Waals surface area (Å²) in [5.41, 5.74) is 1.97. The Bertz CT molecular complexity index is 720. The lowest BCUT2D eigenvalue weighted by molar-refractivity contribution is -0.140. The van der Waals surface area contributed by atoms with Gasteiger partial charge in [-0.1, -0.05) is 45.9 Å². The Hall–Kier alpha value is -2.63. The van der Waals surface area contributed by atoms with E-state index >= 15 is 0 Å². The molecule has 128 valence electrons. The highest BCUT2D eigenvalue weighted by Gasteiger charge is 2.26. The first kappa shape index (κ1) is 17.7. The van der Waals surface area contributed by atoms with E-state index in [1.165, 1.54) is 0 Å². The number of hydrogen-bond donors (Lipinski definition) is 2. The Labute approximate surface area is 141 Å². The number of carboxylic acid groups (broad SMARTS) is 1. The van der Waals surface area contributed by atoms with Crippen molar-refractivity contribution in [2.45, 2.75) is 39.7 Å². The van der Waals surface area contributed by atoms with Gasteiger partial charge < -0.3 is 10.4 Å². The molecule has 6 nitrogen and oxygen atoms in total. The summed E-state index contributed by atoms with van der Waals surface area (Å²) in [4.78, 5) is 23.7. The van der Waals surface area contributed by atoms with Crippen LogP contribution >= 0.6 is 0 Å². The molecule has 24 heavy (non-hydrogen) atoms. The highest BCUT2D eigenvalue weighted by Crippen LogP contribution is 2.20. The Kier molecular flexibility index (Phi) is 5.39. The van der Waals surface area contributed by atoms with Crippen LogP contribution in [0, 0.1) is 5.92 Å². The SMILES string of the molecule is CC(C)c1cc(C(=O)N[C@H](C(=O)O)C(C)C)nn1-c1ccccc1. The molecule has 2 N–H and O–H groups in total. The number of carbonyl (C=O) groups is 2. The van der Waals surface area contributed by atoms with Crippen molar-refractivity contribution >= 4 is 11.9 Å². The molecule has 0 radical (unpaired) electrons. The normalized spacial score (nSPS) is 12.4. The van der Waals surface area contributed by atoms with Crippen LogP contribution in [-0.4, -0.2) is 32.8 Å². The van der Waals surface area contributed by atoms with E-state index in [9.17, 15) is 14.7 Å². The quantitative estimate of drug-likeness (QED) is 0.853. The van der Waals surface area contributed by atoms with Crippen LogP contribution in [0.3, 0.4) is 0 Å². The maximum atomic E-state index is 12.4. The smallest absolute Gasteiger partial charge is 0.326 e. The summed E-state index contributed by atoms with van der Waals surface area (Å²) in [5.74, 6) is -1.58. The van der Waals surface area contributed by atoms with Crippen LogP contribution in [0.1, 0.15) is 49.8 Å². The van der Waals surface area contributed by atoms with E-state index in [4.69, 9.17) is 0 Å². The highest BCUT2D eigenvalue weighted by molar-refractivity contribution is 5.95. The summed E-state index contributed by atoms with van der Waals surface area (Å²) in [6, 6.07) is 10.3. The fraction of sp³-hybridized carbons (Fsp3) is 0.389. The van der Waals surface area contributed by atoms with Crippen molar-refractivity contribution < 1.29 is 14.7 Å². The second-order valence-corrected chi connectivity index (χ2v) is 6.39. The number of amides is 1. The lowest BCUT2D eigenvalue weighted by Crippen LogP contribution is -2.44. The Balaban J connectivity index is 2.35. The molecular weight excluding hydrogens is 306 g/mol. The van der Waals surface area contributed by atoms with Gasteiger partial charge in [-0.15, -0.1) is 0 Å². The zero-order valence-electron chi connectivity index (χ0n) is 14.4. The van der Waals surface area contributed by atoms with Crippen molar-refractivity contribution in [3.8, 4) is 5.69 Å². The predicted molar refractivity (Wildman–Crippen MR) is 91.4 cm³/mol. The molecule has 2 rings (SSSR count). The van der Waals surface area contributed by atoms with Gasteiger partial charge in [0, 0.05) is 5.69 Å². The molecule has 0 saturated heterocycles. The van der Waals surface area contributed by atoms with E-state index in [0.717, 1.165) is 11.4 Å². The number of nitrogens with zero attached hydrogens (tertiary/aromatic N) is 2. The zero-order valence-corrected chi connectivity index (χ0v) is 14.4. The second kappa shape index (κ2) is 7.29. The summed E-state index contributed by atoms with van der Waals surface area (Å²) < 4.78 is 1.73. The molecular formula is C18H23N3O3. The van der Waals surface area contributed by atoms with Crippen molar-refractivity contribution in [1.82, 2.24) is 15.1 Å². The number of para-hydroxylation sites is 1. The topological polar surface area (TPSA) is 84.2 Å². The van der Waals surface area contributed by atoms with E-state index in [1.807, 2.05) is 44.2 Å². The van der Waals surface area contributed by atoms with E-state index in [0.29, 0.717) is 0 Å². The summed E-state index contributed by atoms with van der Waals surface area (Å²) in [6.45, 7) is 7.54. The lowest BCUT2D eigenvalue weighted by Gasteiger charge is -2.16. The molecule has 2 aromatic rings. The molecule has 0 spiro atoms. The van der Waals surface area contributed by atoms with Crippen molar-refractivity contribution in [3.05, 3.63) is 47.8 Å². The van der Waals surface area contributed by atoms with E-state index in [2.05, 4.69) is 10.4 Å². The molecule has 1 heterocycles. The number of aliphatic carboxylic acids is 1. The van der Waals surface area contributed by atoms with Gasteiger partial charge in [-0.2, -0.15) is 5.10 Å². The fourth-order valence-corrected chi connectivity index (χ4v) is 2.42. The highest BCUT2D eigenvalue weighted by atomic mass is 16.4. The minimum Gasteiger partial charge on any atom is -0.480 e. The average Bonchev–Trinajstić information content (AvgIpc) is 2.98. The molecule has 0 fully saturated rings. The molecule has 0 aliphatic carbocycles. The monoisotopic (exact) mass is 329 g/mol. The van der Waals surface area contributed by atoms with Crippen LogP contribution in [0.4, 0.5) is 0 Å². The zero-order chi connectivity index (χ0) is 17.9. The minimum atomic E-state index is -1.05. The van der Waals surface area contributed by atoms with Gasteiger partial charge in [-0.3, -0.25) is 4.79 Å². The molecule has 0 aliphatic rings. The van der Waals surface area contributed by atoms with E-state index in [-0.39, 0.29) is 17.5 Å². The average molecular weight is 329 g/mol. The Morgan fingerprint density at radius 1 is 1.12 bits per heavy atom. The van der Waals surface area contributed by atoms with Gasteiger partial charge in [-0.05, 0) is 30.0 Å². The molecule has 6 heteroatoms. The van der Waals surface area contributed by atoms with Gasteiger partial charge in [0.2, 0.25) is 0 Å². The first-order chi connectivity index (χ1) is 11.3. The molecule has 1 atom stereocenters. The standard InChI is InChI=1S/C18H23N3O3/c1-11(2)15-10-14(17(22)19-16(12(3)4)18(23)24)20-21(15)13-8-6-5-7-9-13/h5-12,16H,1-4H3,(H,19,22)(H,23,24)/t16-/m0/s1. The van der Waals surface area contributed by atoms with Crippen LogP contribution in [0.5, 0.6) is 0 Å². The second-order valence-electron chi connectivity index (χ2n) is 6.39. The third-order valence-corrected chi connectivity index (χ3v) is 3.78. The van der Waals surface area contributed by atoms with Crippen LogP contribution in [0.2, 0.25) is 0 Å². The third-order valence-electron chi connectivity index (χ3n) is 3.78. The maximum Gasteiger partial charge on any atom is 0.326 e. The number of benzene rings is 1. The van der Waals surface area contributed by atoms with Gasteiger partial charge in [-0.25, -0.2) is 9.48 Å². The fourth-order valence-electron chi connectivity index (χ4n) is 2.42. The Morgan fingerprint density at radius 3 is 2.25 bits per heavy atom. The first-order valence-electron chi connectivity index (χ1n) is 8.00. The summed E-state index contributed by atoms with van der Waals surface area (Å²) in [5, 5.41) is 16.2. The molecule has 1 aromatic heterocycles. The number of aromatic nitrogens is 2. The van der Waals surface area contributed by atoms with Crippen molar-refractivity contribution in [2.24, 2.45) is 5.92 Å². The number of carboxylic acids is 1. The minimum absolute atomic E-state index is 0.166. The van der Waals surface area contributed by atoms with Crippen LogP contribution < -0.4 is 5.32 Å². The predicted octanol–water partition coefficient (Wildman–Crippen LogP) is 2.83. The van der Waals surface area contributed by atoms with E-state index < -0.39 is 17.9 Å². The first-order valence-corrected chi connectivity index (χ1v) is 8.00. The number of rotatable bonds is 6. The molecule has 0 aliphatic heterocycles. The molecule has 0 saturated carbocycles. The van der Waals surface area contributed by atoms with Gasteiger partial charge in [0.05, 0.1) is 5.69 Å². The lowest BCUT2D eigenvalue weighted by atomic mass is 10.0. The van der Waals surface area contributed by atoms with Crippen molar-refractivity contribution in [1.29, 1.82) is 0 Å². The number of hydrogen-bond acceptors (Lipinski definition) is 3. The van der Waals surface area contributed by atoms with Gasteiger partial charge >= 0.3 is 5.97 Å². The summed E-state index contributed by atoms with van der Waals surface area (Å²) in [7, 11) is 0. The van der Waals surface area contributed by atoms with E-state index in [1.54, 1.807) is 24.6 Å². The third kappa shape index (κ3) is 3.82. The maximum absolute atomic E-state index is 12.4. The number of carbonyl (C=O) groups excluding carboxylic acids is 1. The van der Waals surface area contributed by atoms with Crippen LogP contribution in [0.25, 0.3) is 5.69 Å². The van der Waals surface area contributed by atoms with Gasteiger partial charge in [0.1, 0.15) is 6.04 Å². The van der Waals surface area contributed by atoms with Crippen LogP contribution in [0.15, 0.2) is 36.4 Å². The molecule has 1 amide bonds. The summed E-state index contributed by atoms with van der Waals surface area (Å²) >= 11 is 0. The van der Waals surface area contributed by atoms with Gasteiger partial charge in [0.15, 0.2) is 5.69 Å². The number of nitrogens with one attached hydrogen (secondary N) is 1. The van der Waals surface area contributed by atoms with Crippen LogP contribution in [-0.2, 0) is 4.79 Å². The van der Waals surface area contributed by atoms with Crippen molar-refractivity contribution in [2.75, 3.05) is 0 Å². The molecule has 1 aromatic carbocycles.